The lowest BCUT2D eigenvalue weighted by Gasteiger charge is -2.18. The summed E-state index contributed by atoms with van der Waals surface area (Å²) in [5.41, 5.74) is 1.18. The first-order valence-electron chi connectivity index (χ1n) is 6.58. The van der Waals surface area contributed by atoms with Crippen LogP contribution in [0.3, 0.4) is 0 Å². The third-order valence-electron chi connectivity index (χ3n) is 3.34. The maximum absolute atomic E-state index is 9.78. The number of hydrogen-bond donors (Lipinski definition) is 3. The zero-order valence-electron chi connectivity index (χ0n) is 11.2. The molecule has 0 aliphatic heterocycles. The van der Waals surface area contributed by atoms with E-state index in [-0.39, 0.29) is 0 Å². The summed E-state index contributed by atoms with van der Waals surface area (Å²) in [4.78, 5) is 0. The van der Waals surface area contributed by atoms with E-state index in [0.29, 0.717) is 37.2 Å². The van der Waals surface area contributed by atoms with Crippen LogP contribution in [0.5, 0.6) is 0 Å². The Morgan fingerprint density at radius 2 is 2.00 bits per heavy atom. The SMILES string of the molecule is CCC(O)CC(O)CCC1=CC(OC)=C(O)CC1. The van der Waals surface area contributed by atoms with E-state index in [1.54, 1.807) is 0 Å². The monoisotopic (exact) mass is 256 g/mol. The molecule has 1 aliphatic carbocycles. The van der Waals surface area contributed by atoms with Crippen molar-refractivity contribution in [1.82, 2.24) is 0 Å². The minimum absolute atomic E-state index is 0.295. The van der Waals surface area contributed by atoms with Crippen molar-refractivity contribution in [2.24, 2.45) is 0 Å². The fourth-order valence-electron chi connectivity index (χ4n) is 2.07. The van der Waals surface area contributed by atoms with Crippen LogP contribution in [0, 0.1) is 0 Å². The van der Waals surface area contributed by atoms with Crippen molar-refractivity contribution in [3.63, 3.8) is 0 Å². The number of ether oxygens (including phenoxy) is 1. The number of allylic oxidation sites excluding steroid dienone is 3. The largest absolute Gasteiger partial charge is 0.508 e. The average molecular weight is 256 g/mol. The molecule has 0 saturated carbocycles. The molecule has 0 fully saturated rings. The van der Waals surface area contributed by atoms with Gasteiger partial charge in [-0.25, -0.2) is 0 Å². The van der Waals surface area contributed by atoms with Crippen molar-refractivity contribution >= 4 is 0 Å². The summed E-state index contributed by atoms with van der Waals surface area (Å²) in [7, 11) is 1.54. The summed E-state index contributed by atoms with van der Waals surface area (Å²) in [5, 5.41) is 28.8. The van der Waals surface area contributed by atoms with Gasteiger partial charge in [-0.15, -0.1) is 0 Å². The molecule has 4 heteroatoms. The van der Waals surface area contributed by atoms with Gasteiger partial charge in [-0.1, -0.05) is 12.5 Å². The summed E-state index contributed by atoms with van der Waals surface area (Å²) in [6, 6.07) is 0. The van der Waals surface area contributed by atoms with Crippen LogP contribution in [-0.4, -0.2) is 34.6 Å². The maximum atomic E-state index is 9.78. The van der Waals surface area contributed by atoms with Crippen LogP contribution < -0.4 is 0 Å². The van der Waals surface area contributed by atoms with Gasteiger partial charge in [0.15, 0.2) is 5.76 Å². The Kier molecular flexibility index (Phi) is 6.22. The molecule has 18 heavy (non-hydrogen) atoms. The summed E-state index contributed by atoms with van der Waals surface area (Å²) >= 11 is 0. The lowest BCUT2D eigenvalue weighted by atomic mass is 9.95. The second-order valence-corrected chi connectivity index (χ2v) is 4.81. The molecule has 0 aromatic carbocycles. The summed E-state index contributed by atoms with van der Waals surface area (Å²) in [5.74, 6) is 0.822. The quantitative estimate of drug-likeness (QED) is 0.654. The van der Waals surface area contributed by atoms with E-state index in [1.165, 1.54) is 12.7 Å². The van der Waals surface area contributed by atoms with Crippen LogP contribution >= 0.6 is 0 Å². The lowest BCUT2D eigenvalue weighted by Crippen LogP contribution is -2.17. The molecule has 104 valence electrons. The van der Waals surface area contributed by atoms with Crippen LogP contribution in [0.2, 0.25) is 0 Å². The molecule has 1 rings (SSSR count). The second-order valence-electron chi connectivity index (χ2n) is 4.81. The Labute approximate surface area is 109 Å². The number of aliphatic hydroxyl groups is 3. The van der Waals surface area contributed by atoms with E-state index in [0.717, 1.165) is 12.8 Å². The molecule has 0 radical (unpaired) electrons. The molecule has 2 atom stereocenters. The van der Waals surface area contributed by atoms with Gasteiger partial charge in [0.05, 0.1) is 19.3 Å². The maximum Gasteiger partial charge on any atom is 0.156 e. The summed E-state index contributed by atoms with van der Waals surface area (Å²) < 4.78 is 5.07. The number of rotatable bonds is 7. The highest BCUT2D eigenvalue weighted by molar-refractivity contribution is 5.26. The Morgan fingerprint density at radius 3 is 2.61 bits per heavy atom. The van der Waals surface area contributed by atoms with Crippen molar-refractivity contribution in [3.8, 4) is 0 Å². The predicted molar refractivity (Wildman–Crippen MR) is 70.1 cm³/mol. The van der Waals surface area contributed by atoms with Crippen molar-refractivity contribution in [2.75, 3.05) is 7.11 Å². The molecule has 4 nitrogen and oxygen atoms in total. The standard InChI is InChI=1S/C14H24O4/c1-3-11(15)9-12(16)6-4-10-5-7-13(17)14(8-10)18-2/h8,11-12,15-17H,3-7,9H2,1-2H3. The van der Waals surface area contributed by atoms with Gasteiger partial charge in [0.1, 0.15) is 5.76 Å². The smallest absolute Gasteiger partial charge is 0.156 e. The molecule has 0 bridgehead atoms. The highest BCUT2D eigenvalue weighted by atomic mass is 16.5. The molecule has 0 aromatic rings. The van der Waals surface area contributed by atoms with Crippen LogP contribution in [0.15, 0.2) is 23.2 Å². The van der Waals surface area contributed by atoms with E-state index in [4.69, 9.17) is 4.74 Å². The number of methoxy groups -OCH3 is 1. The molecule has 1 aliphatic rings. The number of hydrogen-bond acceptors (Lipinski definition) is 4. The molecule has 0 aromatic heterocycles. The van der Waals surface area contributed by atoms with Gasteiger partial charge < -0.3 is 20.1 Å². The summed E-state index contributed by atoms with van der Waals surface area (Å²) in [6.45, 7) is 1.90. The molecule has 0 spiro atoms. The normalized spacial score (nSPS) is 19.4. The Hall–Kier alpha value is -1.00. The van der Waals surface area contributed by atoms with E-state index < -0.39 is 12.2 Å². The first-order valence-corrected chi connectivity index (χ1v) is 6.58. The Morgan fingerprint density at radius 1 is 1.28 bits per heavy atom. The van der Waals surface area contributed by atoms with E-state index >= 15 is 0 Å². The fourth-order valence-corrected chi connectivity index (χ4v) is 2.07. The van der Waals surface area contributed by atoms with E-state index in [2.05, 4.69) is 0 Å². The van der Waals surface area contributed by atoms with Crippen LogP contribution in [-0.2, 0) is 4.74 Å². The minimum atomic E-state index is -0.466. The molecular weight excluding hydrogens is 232 g/mol. The second kappa shape index (κ2) is 7.44. The van der Waals surface area contributed by atoms with Gasteiger partial charge in [0.2, 0.25) is 0 Å². The molecule has 2 unspecified atom stereocenters. The Bertz CT molecular complexity index is 320. The first kappa shape index (κ1) is 15.1. The van der Waals surface area contributed by atoms with Gasteiger partial charge in [-0.3, -0.25) is 0 Å². The third kappa shape index (κ3) is 4.70. The minimum Gasteiger partial charge on any atom is -0.508 e. The topological polar surface area (TPSA) is 69.9 Å². The predicted octanol–water partition coefficient (Wildman–Crippen LogP) is 2.42. The Balaban J connectivity index is 2.40. The molecule has 0 saturated heterocycles. The summed E-state index contributed by atoms with van der Waals surface area (Å²) in [6.07, 6.45) is 4.89. The zero-order chi connectivity index (χ0) is 13.5. The lowest BCUT2D eigenvalue weighted by molar-refractivity contribution is 0.0737. The van der Waals surface area contributed by atoms with Crippen molar-refractivity contribution in [3.05, 3.63) is 23.2 Å². The fraction of sp³-hybridized carbons (Fsp3) is 0.714. The highest BCUT2D eigenvalue weighted by Gasteiger charge is 2.15. The van der Waals surface area contributed by atoms with Crippen LogP contribution in [0.4, 0.5) is 0 Å². The van der Waals surface area contributed by atoms with E-state index in [1.807, 2.05) is 13.0 Å². The van der Waals surface area contributed by atoms with Gasteiger partial charge in [0, 0.05) is 6.42 Å². The van der Waals surface area contributed by atoms with E-state index in [9.17, 15) is 15.3 Å². The van der Waals surface area contributed by atoms with Gasteiger partial charge in [-0.2, -0.15) is 0 Å². The van der Waals surface area contributed by atoms with Gasteiger partial charge in [0.25, 0.3) is 0 Å². The van der Waals surface area contributed by atoms with Crippen molar-refractivity contribution < 1.29 is 20.1 Å². The van der Waals surface area contributed by atoms with Crippen LogP contribution in [0.1, 0.15) is 45.4 Å². The van der Waals surface area contributed by atoms with Crippen molar-refractivity contribution in [1.29, 1.82) is 0 Å². The van der Waals surface area contributed by atoms with Gasteiger partial charge >= 0.3 is 0 Å². The first-order chi connectivity index (χ1) is 8.56. The van der Waals surface area contributed by atoms with Crippen LogP contribution in [0.25, 0.3) is 0 Å². The van der Waals surface area contributed by atoms with Gasteiger partial charge in [-0.05, 0) is 38.2 Å². The van der Waals surface area contributed by atoms with Crippen molar-refractivity contribution in [2.45, 2.75) is 57.7 Å². The molecule has 3 N–H and O–H groups in total. The third-order valence-corrected chi connectivity index (χ3v) is 3.34. The number of aliphatic hydroxyl groups excluding tert-OH is 3. The molecule has 0 heterocycles. The molecular formula is C14H24O4. The molecule has 0 amide bonds. The average Bonchev–Trinajstić information content (AvgIpc) is 2.37. The zero-order valence-corrected chi connectivity index (χ0v) is 11.2. The highest BCUT2D eigenvalue weighted by Crippen LogP contribution is 2.26.